The van der Waals surface area contributed by atoms with Gasteiger partial charge < -0.3 is 10.2 Å². The first-order valence-corrected chi connectivity index (χ1v) is 7.78. The summed E-state index contributed by atoms with van der Waals surface area (Å²) in [7, 11) is 1.02. The zero-order valence-electron chi connectivity index (χ0n) is 12.2. The molecule has 1 rings (SSSR count). The van der Waals surface area contributed by atoms with Crippen LogP contribution in [0.15, 0.2) is 29.2 Å². The number of nitrogens with one attached hydrogen (secondary N) is 2. The zero-order valence-corrected chi connectivity index (χ0v) is 13.0. The van der Waals surface area contributed by atoms with Gasteiger partial charge >= 0.3 is 0 Å². The number of rotatable bonds is 6. The minimum atomic E-state index is -3.68. The fraction of sp³-hybridized carbons (Fsp3) is 0.385. The molecule has 0 radical (unpaired) electrons. The molecular formula is C13H19N3O4S. The lowest BCUT2D eigenvalue weighted by Gasteiger charge is -2.11. The van der Waals surface area contributed by atoms with Crippen LogP contribution in [-0.2, 0) is 14.8 Å². The van der Waals surface area contributed by atoms with E-state index in [4.69, 9.17) is 0 Å². The van der Waals surface area contributed by atoms with Crippen LogP contribution in [0.3, 0.4) is 0 Å². The molecule has 0 saturated heterocycles. The molecule has 0 atom stereocenters. The van der Waals surface area contributed by atoms with Crippen LogP contribution in [0.2, 0.25) is 0 Å². The molecule has 0 aliphatic rings. The molecule has 2 amide bonds. The van der Waals surface area contributed by atoms with Gasteiger partial charge in [-0.3, -0.25) is 9.59 Å². The average molecular weight is 313 g/mol. The van der Waals surface area contributed by atoms with Gasteiger partial charge in [-0.05, 0) is 24.3 Å². The Morgan fingerprint density at radius 2 is 1.71 bits per heavy atom. The molecular weight excluding hydrogens is 294 g/mol. The van der Waals surface area contributed by atoms with Crippen molar-refractivity contribution in [2.45, 2.75) is 11.3 Å². The number of carbonyl (C=O) groups excluding carboxylic acids is 2. The van der Waals surface area contributed by atoms with Crippen LogP contribution in [0.5, 0.6) is 0 Å². The van der Waals surface area contributed by atoms with Gasteiger partial charge in [0, 0.05) is 39.7 Å². The molecule has 116 valence electrons. The molecule has 0 bridgehead atoms. The predicted molar refractivity (Wildman–Crippen MR) is 78.3 cm³/mol. The molecule has 0 aromatic heterocycles. The van der Waals surface area contributed by atoms with Gasteiger partial charge in [0.1, 0.15) is 0 Å². The standard InChI is InChI=1S/C13H19N3O4S/c1-14-13(18)10-4-6-11(7-5-10)21(19,20)15-9-8-12(17)16(2)3/h4-7,15H,8-9H2,1-3H3,(H,14,18). The summed E-state index contributed by atoms with van der Waals surface area (Å²) in [6.45, 7) is 0.0243. The second-order valence-corrected chi connectivity index (χ2v) is 6.31. The van der Waals surface area contributed by atoms with Gasteiger partial charge in [-0.1, -0.05) is 0 Å². The maximum Gasteiger partial charge on any atom is 0.251 e. The summed E-state index contributed by atoms with van der Waals surface area (Å²) in [4.78, 5) is 24.2. The predicted octanol–water partition coefficient (Wildman–Crippen LogP) is -0.197. The van der Waals surface area contributed by atoms with Crippen molar-refractivity contribution in [2.75, 3.05) is 27.7 Å². The fourth-order valence-corrected chi connectivity index (χ4v) is 2.56. The van der Waals surface area contributed by atoms with Crippen LogP contribution >= 0.6 is 0 Å². The van der Waals surface area contributed by atoms with Crippen molar-refractivity contribution in [1.29, 1.82) is 0 Å². The van der Waals surface area contributed by atoms with Crippen molar-refractivity contribution in [3.8, 4) is 0 Å². The highest BCUT2D eigenvalue weighted by Gasteiger charge is 2.15. The Balaban J connectivity index is 2.70. The Hall–Kier alpha value is -1.93. The Morgan fingerprint density at radius 3 is 2.19 bits per heavy atom. The molecule has 21 heavy (non-hydrogen) atoms. The summed E-state index contributed by atoms with van der Waals surface area (Å²) in [6, 6.07) is 5.55. The van der Waals surface area contributed by atoms with Gasteiger partial charge in [-0.15, -0.1) is 0 Å². The van der Waals surface area contributed by atoms with Gasteiger partial charge in [0.15, 0.2) is 0 Å². The molecule has 0 aliphatic heterocycles. The number of benzene rings is 1. The lowest BCUT2D eigenvalue weighted by Crippen LogP contribution is -2.30. The second kappa shape index (κ2) is 7.19. The third-order valence-electron chi connectivity index (χ3n) is 2.78. The topological polar surface area (TPSA) is 95.6 Å². The number of nitrogens with zero attached hydrogens (tertiary/aromatic N) is 1. The van der Waals surface area contributed by atoms with Crippen LogP contribution in [0.4, 0.5) is 0 Å². The highest BCUT2D eigenvalue weighted by molar-refractivity contribution is 7.89. The second-order valence-electron chi connectivity index (χ2n) is 4.54. The van der Waals surface area contributed by atoms with Gasteiger partial charge in [-0.2, -0.15) is 0 Å². The maximum absolute atomic E-state index is 12.0. The van der Waals surface area contributed by atoms with Crippen LogP contribution in [0.25, 0.3) is 0 Å². The molecule has 8 heteroatoms. The summed E-state index contributed by atoms with van der Waals surface area (Å²) in [5, 5.41) is 2.45. The van der Waals surface area contributed by atoms with Gasteiger partial charge in [0.05, 0.1) is 4.90 Å². The molecule has 0 unspecified atom stereocenters. The van der Waals surface area contributed by atoms with E-state index < -0.39 is 10.0 Å². The van der Waals surface area contributed by atoms with Crippen molar-refractivity contribution < 1.29 is 18.0 Å². The summed E-state index contributed by atoms with van der Waals surface area (Å²) >= 11 is 0. The van der Waals surface area contributed by atoms with E-state index in [1.165, 1.54) is 36.2 Å². The highest BCUT2D eigenvalue weighted by Crippen LogP contribution is 2.10. The summed E-state index contributed by atoms with van der Waals surface area (Å²) in [5.41, 5.74) is 0.374. The Kier molecular flexibility index (Phi) is 5.86. The van der Waals surface area contributed by atoms with Gasteiger partial charge in [0.25, 0.3) is 5.91 Å². The molecule has 7 nitrogen and oxygen atoms in total. The van der Waals surface area contributed by atoms with E-state index in [-0.39, 0.29) is 29.7 Å². The van der Waals surface area contributed by atoms with Crippen LogP contribution in [-0.4, -0.2) is 52.8 Å². The first-order valence-electron chi connectivity index (χ1n) is 6.30. The smallest absolute Gasteiger partial charge is 0.251 e. The lowest BCUT2D eigenvalue weighted by molar-refractivity contribution is -0.128. The quantitative estimate of drug-likeness (QED) is 0.760. The van der Waals surface area contributed by atoms with E-state index in [1.807, 2.05) is 0 Å². The van der Waals surface area contributed by atoms with E-state index in [0.717, 1.165) is 0 Å². The Morgan fingerprint density at radius 1 is 1.14 bits per heavy atom. The molecule has 0 saturated carbocycles. The Labute approximate surface area is 124 Å². The average Bonchev–Trinajstić information content (AvgIpc) is 2.46. The zero-order chi connectivity index (χ0) is 16.0. The third kappa shape index (κ3) is 4.83. The van der Waals surface area contributed by atoms with Crippen LogP contribution < -0.4 is 10.0 Å². The number of hydrogen-bond donors (Lipinski definition) is 2. The molecule has 1 aromatic rings. The fourth-order valence-electron chi connectivity index (χ4n) is 1.53. The van der Waals surface area contributed by atoms with Gasteiger partial charge in [0.2, 0.25) is 15.9 Å². The monoisotopic (exact) mass is 313 g/mol. The molecule has 1 aromatic carbocycles. The number of hydrogen-bond acceptors (Lipinski definition) is 4. The molecule has 2 N–H and O–H groups in total. The molecule has 0 aliphatic carbocycles. The SMILES string of the molecule is CNC(=O)c1ccc(S(=O)(=O)NCCC(=O)N(C)C)cc1. The first kappa shape index (κ1) is 17.1. The minimum Gasteiger partial charge on any atom is -0.355 e. The van der Waals surface area contributed by atoms with Crippen molar-refractivity contribution in [3.63, 3.8) is 0 Å². The summed E-state index contributed by atoms with van der Waals surface area (Å²) < 4.78 is 26.3. The van der Waals surface area contributed by atoms with Crippen molar-refractivity contribution in [2.24, 2.45) is 0 Å². The van der Waals surface area contributed by atoms with E-state index in [9.17, 15) is 18.0 Å². The van der Waals surface area contributed by atoms with E-state index in [1.54, 1.807) is 14.1 Å². The summed E-state index contributed by atoms with van der Waals surface area (Å²) in [5.74, 6) is -0.448. The van der Waals surface area contributed by atoms with E-state index >= 15 is 0 Å². The van der Waals surface area contributed by atoms with Crippen molar-refractivity contribution in [3.05, 3.63) is 29.8 Å². The normalized spacial score (nSPS) is 11.0. The molecule has 0 heterocycles. The van der Waals surface area contributed by atoms with Gasteiger partial charge in [-0.25, -0.2) is 13.1 Å². The van der Waals surface area contributed by atoms with E-state index in [0.29, 0.717) is 5.56 Å². The number of sulfonamides is 1. The van der Waals surface area contributed by atoms with E-state index in [2.05, 4.69) is 10.0 Å². The van der Waals surface area contributed by atoms with Crippen molar-refractivity contribution in [1.82, 2.24) is 14.9 Å². The Bertz CT molecular complexity index is 609. The largest absolute Gasteiger partial charge is 0.355 e. The first-order chi connectivity index (χ1) is 9.77. The molecule has 0 fully saturated rings. The highest BCUT2D eigenvalue weighted by atomic mass is 32.2. The van der Waals surface area contributed by atoms with Crippen LogP contribution in [0, 0.1) is 0 Å². The third-order valence-corrected chi connectivity index (χ3v) is 4.26. The van der Waals surface area contributed by atoms with Crippen molar-refractivity contribution >= 4 is 21.8 Å². The molecule has 0 spiro atoms. The maximum atomic E-state index is 12.0. The minimum absolute atomic E-state index is 0.0243. The number of carbonyl (C=O) groups is 2. The summed E-state index contributed by atoms with van der Waals surface area (Å²) in [6.07, 6.45) is 0.0859. The number of amides is 2. The lowest BCUT2D eigenvalue weighted by atomic mass is 10.2. The van der Waals surface area contributed by atoms with Crippen LogP contribution in [0.1, 0.15) is 16.8 Å².